The van der Waals surface area contributed by atoms with Crippen molar-refractivity contribution in [2.75, 3.05) is 11.5 Å². The highest BCUT2D eigenvalue weighted by atomic mass is 35.5. The third-order valence-electron chi connectivity index (χ3n) is 3.11. The quantitative estimate of drug-likeness (QED) is 0.355. The Balaban J connectivity index is 1.81. The molecular formula is C12H16ClN7O3. The molecule has 0 saturated heterocycles. The van der Waals surface area contributed by atoms with E-state index in [0.717, 1.165) is 32.0 Å². The molecule has 0 unspecified atom stereocenters. The predicted molar refractivity (Wildman–Crippen MR) is 83.7 cm³/mol. The smallest absolute Gasteiger partial charge is 0.428 e. The van der Waals surface area contributed by atoms with Crippen LogP contribution in [0.5, 0.6) is 0 Å². The number of ether oxygens (including phenoxy) is 1. The molecule has 1 aliphatic rings. The lowest BCUT2D eigenvalue weighted by atomic mass is 10.3. The third kappa shape index (κ3) is 4.68. The minimum Gasteiger partial charge on any atom is -0.445 e. The minimum atomic E-state index is -0.702. The van der Waals surface area contributed by atoms with Gasteiger partial charge in [0.15, 0.2) is 22.5 Å². The molecule has 6 N–H and O–H groups in total. The summed E-state index contributed by atoms with van der Waals surface area (Å²) in [6, 6.07) is 0. The van der Waals surface area contributed by atoms with Crippen LogP contribution in [0.15, 0.2) is 5.10 Å². The van der Waals surface area contributed by atoms with Crippen LogP contribution in [-0.2, 0) is 4.74 Å². The first kappa shape index (κ1) is 16.7. The number of hydrogen-bond donors (Lipinski definition) is 4. The van der Waals surface area contributed by atoms with E-state index in [-0.39, 0.29) is 28.6 Å². The summed E-state index contributed by atoms with van der Waals surface area (Å²) in [5, 5.41) is 5.63. The number of amides is 2. The van der Waals surface area contributed by atoms with Crippen LogP contribution in [0.4, 0.5) is 16.4 Å². The standard InChI is InChI=1S/C12H16ClN7O3/c13-8-10(15)19-9(14)7(18-8)11(21)16-5-17-20-12(22)23-6-3-1-2-4-6/h5-6H,1-4H2,(H,20,22)(H4,14,15,19)(H,16,17,21). The van der Waals surface area contributed by atoms with Gasteiger partial charge in [0.2, 0.25) is 0 Å². The van der Waals surface area contributed by atoms with Gasteiger partial charge in [-0.05, 0) is 25.7 Å². The van der Waals surface area contributed by atoms with Crippen LogP contribution >= 0.6 is 11.6 Å². The molecule has 0 aliphatic heterocycles. The molecular weight excluding hydrogens is 326 g/mol. The number of nitrogens with one attached hydrogen (secondary N) is 2. The highest BCUT2D eigenvalue weighted by Crippen LogP contribution is 2.20. The van der Waals surface area contributed by atoms with Crippen LogP contribution in [-0.4, -0.2) is 34.4 Å². The Morgan fingerprint density at radius 3 is 2.65 bits per heavy atom. The van der Waals surface area contributed by atoms with Crippen LogP contribution < -0.4 is 22.2 Å². The van der Waals surface area contributed by atoms with E-state index in [2.05, 4.69) is 25.8 Å². The van der Waals surface area contributed by atoms with Crippen molar-refractivity contribution >= 4 is 41.6 Å². The first-order chi connectivity index (χ1) is 11.0. The van der Waals surface area contributed by atoms with Crippen molar-refractivity contribution in [1.82, 2.24) is 20.7 Å². The van der Waals surface area contributed by atoms with Gasteiger partial charge in [-0.15, -0.1) is 0 Å². The topological polar surface area (TPSA) is 158 Å². The predicted octanol–water partition coefficient (Wildman–Crippen LogP) is 0.636. The number of carbonyl (C=O) groups excluding carboxylic acids is 2. The van der Waals surface area contributed by atoms with E-state index in [1.54, 1.807) is 0 Å². The maximum Gasteiger partial charge on any atom is 0.428 e. The van der Waals surface area contributed by atoms with Crippen LogP contribution in [0.3, 0.4) is 0 Å². The van der Waals surface area contributed by atoms with Crippen molar-refractivity contribution in [3.8, 4) is 0 Å². The van der Waals surface area contributed by atoms with Gasteiger partial charge in [-0.1, -0.05) is 11.6 Å². The lowest BCUT2D eigenvalue weighted by molar-refractivity contribution is 0.0967. The fourth-order valence-corrected chi connectivity index (χ4v) is 2.16. The number of nitrogen functional groups attached to an aromatic ring is 2. The molecule has 2 rings (SSSR count). The monoisotopic (exact) mass is 341 g/mol. The zero-order valence-corrected chi connectivity index (χ0v) is 12.8. The molecule has 1 fully saturated rings. The first-order valence-electron chi connectivity index (χ1n) is 6.85. The fraction of sp³-hybridized carbons (Fsp3) is 0.417. The van der Waals surface area contributed by atoms with Gasteiger partial charge in [0.05, 0.1) is 0 Å². The van der Waals surface area contributed by atoms with E-state index in [0.29, 0.717) is 0 Å². The van der Waals surface area contributed by atoms with Crippen molar-refractivity contribution in [2.24, 2.45) is 5.10 Å². The number of rotatable bonds is 4. The van der Waals surface area contributed by atoms with Crippen molar-refractivity contribution in [3.05, 3.63) is 10.8 Å². The van der Waals surface area contributed by atoms with Gasteiger partial charge in [0.1, 0.15) is 12.4 Å². The summed E-state index contributed by atoms with van der Waals surface area (Å²) < 4.78 is 5.10. The molecule has 124 valence electrons. The largest absolute Gasteiger partial charge is 0.445 e. The van der Waals surface area contributed by atoms with Crippen molar-refractivity contribution < 1.29 is 14.3 Å². The van der Waals surface area contributed by atoms with E-state index >= 15 is 0 Å². The maximum absolute atomic E-state index is 11.8. The highest BCUT2D eigenvalue weighted by Gasteiger charge is 2.19. The molecule has 0 spiro atoms. The molecule has 1 heterocycles. The lowest BCUT2D eigenvalue weighted by Gasteiger charge is -2.09. The Morgan fingerprint density at radius 2 is 1.96 bits per heavy atom. The van der Waals surface area contributed by atoms with Gasteiger partial charge in [-0.25, -0.2) is 20.2 Å². The molecule has 0 atom stereocenters. The number of carbonyl (C=O) groups is 2. The first-order valence-corrected chi connectivity index (χ1v) is 7.22. The van der Waals surface area contributed by atoms with Gasteiger partial charge in [-0.2, -0.15) is 5.10 Å². The molecule has 23 heavy (non-hydrogen) atoms. The Morgan fingerprint density at radius 1 is 1.26 bits per heavy atom. The van der Waals surface area contributed by atoms with Gasteiger partial charge >= 0.3 is 6.09 Å². The average molecular weight is 342 g/mol. The summed E-state index contributed by atoms with van der Waals surface area (Å²) in [6.07, 6.45) is 3.99. The molecule has 0 bridgehead atoms. The van der Waals surface area contributed by atoms with Gasteiger partial charge in [0, 0.05) is 0 Å². The number of anilines is 2. The summed E-state index contributed by atoms with van der Waals surface area (Å²) >= 11 is 5.67. The Kier molecular flexibility index (Phi) is 5.52. The van der Waals surface area contributed by atoms with E-state index in [9.17, 15) is 9.59 Å². The average Bonchev–Trinajstić information content (AvgIpc) is 3.00. The molecule has 1 saturated carbocycles. The van der Waals surface area contributed by atoms with E-state index in [1.807, 2.05) is 0 Å². The minimum absolute atomic E-state index is 0.0771. The Labute approximate surface area is 136 Å². The summed E-state index contributed by atoms with van der Waals surface area (Å²) in [6.45, 7) is 0. The summed E-state index contributed by atoms with van der Waals surface area (Å²) in [4.78, 5) is 30.6. The SMILES string of the molecule is Nc1nc(N)c(C(=O)NC=NNC(=O)OC2CCCC2)nc1Cl. The second kappa shape index (κ2) is 7.58. The number of aromatic nitrogens is 2. The summed E-state index contributed by atoms with van der Waals surface area (Å²) in [5.41, 5.74) is 12.9. The zero-order valence-electron chi connectivity index (χ0n) is 12.1. The van der Waals surface area contributed by atoms with Crippen LogP contribution in [0.25, 0.3) is 0 Å². The Bertz CT molecular complexity index is 631. The van der Waals surface area contributed by atoms with Crippen molar-refractivity contribution in [2.45, 2.75) is 31.8 Å². The summed E-state index contributed by atoms with van der Waals surface area (Å²) in [7, 11) is 0. The molecule has 0 radical (unpaired) electrons. The molecule has 1 aliphatic carbocycles. The molecule has 11 heteroatoms. The highest BCUT2D eigenvalue weighted by molar-refractivity contribution is 6.31. The van der Waals surface area contributed by atoms with Crippen molar-refractivity contribution in [1.29, 1.82) is 0 Å². The van der Waals surface area contributed by atoms with Crippen LogP contribution in [0.2, 0.25) is 5.15 Å². The van der Waals surface area contributed by atoms with E-state index in [1.165, 1.54) is 0 Å². The lowest BCUT2D eigenvalue weighted by Crippen LogP contribution is -2.28. The zero-order chi connectivity index (χ0) is 16.8. The number of nitrogens with two attached hydrogens (primary N) is 2. The second-order valence-corrected chi connectivity index (χ2v) is 5.15. The number of hydrazone groups is 1. The van der Waals surface area contributed by atoms with Gasteiger partial charge < -0.3 is 21.5 Å². The molecule has 2 amide bonds. The summed E-state index contributed by atoms with van der Waals surface area (Å²) in [5.74, 6) is -0.955. The maximum atomic E-state index is 11.8. The molecule has 1 aromatic heterocycles. The van der Waals surface area contributed by atoms with Crippen molar-refractivity contribution in [3.63, 3.8) is 0 Å². The number of nitrogens with zero attached hydrogens (tertiary/aromatic N) is 3. The Hall–Kier alpha value is -2.62. The second-order valence-electron chi connectivity index (χ2n) is 4.79. The van der Waals surface area contributed by atoms with E-state index in [4.69, 9.17) is 27.8 Å². The molecule has 1 aromatic rings. The number of hydrogen-bond acceptors (Lipinski definition) is 8. The van der Waals surface area contributed by atoms with Crippen LogP contribution in [0.1, 0.15) is 36.2 Å². The molecule has 0 aromatic carbocycles. The fourth-order valence-electron chi connectivity index (χ4n) is 2.04. The normalized spacial score (nSPS) is 14.8. The molecule has 10 nitrogen and oxygen atoms in total. The number of halogens is 1. The van der Waals surface area contributed by atoms with Crippen LogP contribution in [0, 0.1) is 0 Å². The van der Waals surface area contributed by atoms with Gasteiger partial charge in [-0.3, -0.25) is 4.79 Å². The van der Waals surface area contributed by atoms with Gasteiger partial charge in [0.25, 0.3) is 5.91 Å². The third-order valence-corrected chi connectivity index (χ3v) is 3.39. The van der Waals surface area contributed by atoms with E-state index < -0.39 is 12.0 Å².